The molecule has 5 atom stereocenters. The van der Waals surface area contributed by atoms with Crippen LogP contribution in [0.5, 0.6) is 0 Å². The van der Waals surface area contributed by atoms with Crippen molar-refractivity contribution >= 4 is 17.4 Å². The van der Waals surface area contributed by atoms with Gasteiger partial charge in [-0.15, -0.1) is 0 Å². The summed E-state index contributed by atoms with van der Waals surface area (Å²) in [5.74, 6) is 0. The molecule has 0 aliphatic carbocycles. The summed E-state index contributed by atoms with van der Waals surface area (Å²) in [6.07, 6.45) is -5.04. The molecule has 0 spiro atoms. The van der Waals surface area contributed by atoms with E-state index in [0.29, 0.717) is 0 Å². The molecule has 1 fully saturated rings. The molecular weight excluding hydrogens is 374 g/mol. The standard InChI is InChI=1S/C18H19NO7S/c20-9-14-15(21)16(22)17(23)18(26-14)27-13-7-3-11(4-8-13)10-1-5-12(6-2-10)19(24)25/h1-8,14-18,20-23H,9H2/t14-,15-,16+,17+,18-/m1/s1. The predicted octanol–water partition coefficient (Wildman–Crippen LogP) is 1.15. The molecule has 0 unspecified atom stereocenters. The summed E-state index contributed by atoms with van der Waals surface area (Å²) in [5, 5.41) is 49.7. The zero-order valence-electron chi connectivity index (χ0n) is 14.1. The van der Waals surface area contributed by atoms with Crippen LogP contribution in [-0.4, -0.2) is 61.8 Å². The minimum atomic E-state index is -1.41. The van der Waals surface area contributed by atoms with Gasteiger partial charge in [-0.1, -0.05) is 23.9 Å². The van der Waals surface area contributed by atoms with E-state index in [-0.39, 0.29) is 5.69 Å². The van der Waals surface area contributed by atoms with Crippen LogP contribution in [0.1, 0.15) is 0 Å². The Hall–Kier alpha value is -2.01. The molecule has 2 aromatic rings. The first kappa shape index (κ1) is 19.7. The van der Waals surface area contributed by atoms with Gasteiger partial charge in [0.2, 0.25) is 0 Å². The van der Waals surface area contributed by atoms with E-state index in [4.69, 9.17) is 4.74 Å². The lowest BCUT2D eigenvalue weighted by Gasteiger charge is -2.39. The highest BCUT2D eigenvalue weighted by atomic mass is 32.2. The summed E-state index contributed by atoms with van der Waals surface area (Å²) in [5.41, 5.74) is 0.868. The van der Waals surface area contributed by atoms with Gasteiger partial charge in [0.1, 0.15) is 29.9 Å². The first-order valence-corrected chi connectivity index (χ1v) is 9.10. The number of nitrogens with zero attached hydrogens (tertiary/aromatic N) is 1. The molecule has 0 saturated carbocycles. The summed E-state index contributed by atoms with van der Waals surface area (Å²) in [7, 11) is 0. The van der Waals surface area contributed by atoms with Gasteiger partial charge in [-0.05, 0) is 35.4 Å². The molecule has 1 heterocycles. The smallest absolute Gasteiger partial charge is 0.269 e. The van der Waals surface area contributed by atoms with Crippen molar-refractivity contribution in [2.24, 2.45) is 0 Å². The monoisotopic (exact) mass is 393 g/mol. The summed E-state index contributed by atoms with van der Waals surface area (Å²) >= 11 is 1.16. The van der Waals surface area contributed by atoms with Crippen molar-refractivity contribution in [1.29, 1.82) is 0 Å². The van der Waals surface area contributed by atoms with Gasteiger partial charge < -0.3 is 25.2 Å². The second-order valence-electron chi connectivity index (χ2n) is 6.14. The topological polar surface area (TPSA) is 133 Å². The molecule has 4 N–H and O–H groups in total. The third kappa shape index (κ3) is 4.29. The van der Waals surface area contributed by atoms with Gasteiger partial charge in [-0.25, -0.2) is 0 Å². The van der Waals surface area contributed by atoms with E-state index in [9.17, 15) is 30.5 Å². The minimum Gasteiger partial charge on any atom is -0.394 e. The number of thioether (sulfide) groups is 1. The predicted molar refractivity (Wildman–Crippen MR) is 98.2 cm³/mol. The molecule has 8 nitrogen and oxygen atoms in total. The molecule has 144 valence electrons. The number of ether oxygens (including phenoxy) is 1. The lowest BCUT2D eigenvalue weighted by molar-refractivity contribution is -0.384. The van der Waals surface area contributed by atoms with Gasteiger partial charge in [0.05, 0.1) is 11.5 Å². The fourth-order valence-corrected chi connectivity index (χ4v) is 3.86. The number of benzene rings is 2. The maximum Gasteiger partial charge on any atom is 0.269 e. The number of rotatable bonds is 5. The fourth-order valence-electron chi connectivity index (χ4n) is 2.80. The molecule has 0 radical (unpaired) electrons. The second-order valence-corrected chi connectivity index (χ2v) is 7.32. The molecule has 0 amide bonds. The highest BCUT2D eigenvalue weighted by Crippen LogP contribution is 2.34. The molecule has 1 aliphatic rings. The summed E-state index contributed by atoms with van der Waals surface area (Å²) in [4.78, 5) is 11.0. The van der Waals surface area contributed by atoms with Crippen LogP contribution in [0.25, 0.3) is 11.1 Å². The Kier molecular flexibility index (Phi) is 6.10. The number of hydrogen-bond acceptors (Lipinski definition) is 8. The molecule has 3 rings (SSSR count). The fraction of sp³-hybridized carbons (Fsp3) is 0.333. The van der Waals surface area contributed by atoms with E-state index >= 15 is 0 Å². The number of nitro benzene ring substituents is 1. The Balaban J connectivity index is 1.71. The second kappa shape index (κ2) is 8.34. The van der Waals surface area contributed by atoms with Gasteiger partial charge in [-0.2, -0.15) is 0 Å². The molecule has 27 heavy (non-hydrogen) atoms. The van der Waals surface area contributed by atoms with E-state index in [1.165, 1.54) is 12.1 Å². The molecule has 1 saturated heterocycles. The van der Waals surface area contributed by atoms with E-state index < -0.39 is 41.4 Å². The number of nitro groups is 1. The van der Waals surface area contributed by atoms with Crippen LogP contribution in [0.3, 0.4) is 0 Å². The Morgan fingerprint density at radius 2 is 1.48 bits per heavy atom. The van der Waals surface area contributed by atoms with Crippen molar-refractivity contribution in [3.05, 3.63) is 58.6 Å². The first-order chi connectivity index (χ1) is 12.9. The van der Waals surface area contributed by atoms with Crippen molar-refractivity contribution in [2.45, 2.75) is 34.7 Å². The van der Waals surface area contributed by atoms with Crippen LogP contribution in [0, 0.1) is 10.1 Å². The summed E-state index contributed by atoms with van der Waals surface area (Å²) < 4.78 is 5.47. The minimum absolute atomic E-state index is 0.0218. The third-order valence-electron chi connectivity index (χ3n) is 4.37. The van der Waals surface area contributed by atoms with Crippen LogP contribution in [0.4, 0.5) is 5.69 Å². The molecule has 1 aliphatic heterocycles. The number of non-ortho nitro benzene ring substituents is 1. The van der Waals surface area contributed by atoms with Gasteiger partial charge in [0.15, 0.2) is 0 Å². The Bertz CT molecular complexity index is 781. The van der Waals surface area contributed by atoms with Crippen molar-refractivity contribution in [2.75, 3.05) is 6.61 Å². The lowest BCUT2D eigenvalue weighted by atomic mass is 10.0. The zero-order chi connectivity index (χ0) is 19.6. The quantitative estimate of drug-likeness (QED) is 0.439. The van der Waals surface area contributed by atoms with Crippen molar-refractivity contribution < 1.29 is 30.1 Å². The molecule has 0 aromatic heterocycles. The van der Waals surface area contributed by atoms with Crippen LogP contribution in [-0.2, 0) is 4.74 Å². The van der Waals surface area contributed by atoms with Crippen molar-refractivity contribution in [3.63, 3.8) is 0 Å². The largest absolute Gasteiger partial charge is 0.394 e. The highest BCUT2D eigenvalue weighted by Gasteiger charge is 2.43. The van der Waals surface area contributed by atoms with Gasteiger partial charge >= 0.3 is 0 Å². The zero-order valence-corrected chi connectivity index (χ0v) is 14.9. The van der Waals surface area contributed by atoms with Crippen LogP contribution >= 0.6 is 11.8 Å². The van der Waals surface area contributed by atoms with Crippen LogP contribution in [0.15, 0.2) is 53.4 Å². The molecule has 0 bridgehead atoms. The van der Waals surface area contributed by atoms with E-state index in [1.807, 2.05) is 12.1 Å². The Labute approximate surface area is 159 Å². The summed E-state index contributed by atoms with van der Waals surface area (Å²) in [6.45, 7) is -0.471. The van der Waals surface area contributed by atoms with Crippen LogP contribution < -0.4 is 0 Å². The van der Waals surface area contributed by atoms with Gasteiger partial charge in [0, 0.05) is 17.0 Å². The Morgan fingerprint density at radius 1 is 0.926 bits per heavy atom. The van der Waals surface area contributed by atoms with Crippen molar-refractivity contribution in [3.8, 4) is 11.1 Å². The van der Waals surface area contributed by atoms with E-state index in [0.717, 1.165) is 27.8 Å². The van der Waals surface area contributed by atoms with E-state index in [2.05, 4.69) is 0 Å². The SMILES string of the molecule is O=[N+]([O-])c1ccc(-c2ccc(S[C@H]3O[C@H](CO)[C@@H](O)[C@H](O)[C@@H]3O)cc2)cc1. The molecule has 2 aromatic carbocycles. The number of hydrogen-bond donors (Lipinski definition) is 4. The third-order valence-corrected chi connectivity index (χ3v) is 5.53. The normalized spacial score (nSPS) is 28.1. The average Bonchev–Trinajstić information content (AvgIpc) is 2.69. The maximum absolute atomic E-state index is 10.7. The maximum atomic E-state index is 10.7. The number of aliphatic hydroxyl groups is 4. The van der Waals surface area contributed by atoms with E-state index in [1.54, 1.807) is 24.3 Å². The molecule has 9 heteroatoms. The van der Waals surface area contributed by atoms with Gasteiger partial charge in [0.25, 0.3) is 5.69 Å². The number of aliphatic hydroxyl groups excluding tert-OH is 4. The van der Waals surface area contributed by atoms with Crippen molar-refractivity contribution in [1.82, 2.24) is 0 Å². The lowest BCUT2D eigenvalue weighted by Crippen LogP contribution is -2.57. The average molecular weight is 393 g/mol. The first-order valence-electron chi connectivity index (χ1n) is 8.23. The van der Waals surface area contributed by atoms with Gasteiger partial charge in [-0.3, -0.25) is 10.1 Å². The van der Waals surface area contributed by atoms with Crippen LogP contribution in [0.2, 0.25) is 0 Å². The Morgan fingerprint density at radius 3 is 2.00 bits per heavy atom. The highest BCUT2D eigenvalue weighted by molar-refractivity contribution is 7.99. The molecular formula is C18H19NO7S. The summed E-state index contributed by atoms with van der Waals surface area (Å²) in [6, 6.07) is 13.4.